The number of rotatable bonds is 6. The van der Waals surface area contributed by atoms with E-state index in [-0.39, 0.29) is 23.4 Å². The molecule has 8 heteroatoms. The molecule has 0 saturated carbocycles. The molecule has 0 aliphatic carbocycles. The van der Waals surface area contributed by atoms with Gasteiger partial charge >= 0.3 is 7.05 Å². The van der Waals surface area contributed by atoms with Gasteiger partial charge in [-0.05, 0) is 77.7 Å². The fourth-order valence-electron chi connectivity index (χ4n) is 5.73. The number of piperazine rings is 1. The summed E-state index contributed by atoms with van der Waals surface area (Å²) < 4.78 is 0.973. The number of hydrogen-bond acceptors (Lipinski definition) is 5. The standard InChI is InChI=1S/C28H40BBrN4O2/c1-28(2,3)25-20-32(27(22-8-6-5-7-9-22)24-11-10-23(30)19-31-24)16-17-34(25)26(35)18-21-12-14-33(15-13-21)29(4)36/h5-11,19,21,25,27,36H,12-18,20H2,1-4H3/t25-,27?/m1/s1. The third-order valence-corrected chi connectivity index (χ3v) is 8.35. The molecule has 1 amide bonds. The number of amides is 1. The molecule has 1 aromatic heterocycles. The van der Waals surface area contributed by atoms with Crippen LogP contribution in [0.2, 0.25) is 6.82 Å². The van der Waals surface area contributed by atoms with E-state index in [9.17, 15) is 9.82 Å². The van der Waals surface area contributed by atoms with Gasteiger partial charge in [-0.15, -0.1) is 0 Å². The first-order valence-corrected chi connectivity index (χ1v) is 14.0. The van der Waals surface area contributed by atoms with Gasteiger partial charge in [0.05, 0.1) is 11.7 Å². The molecule has 0 bridgehead atoms. The van der Waals surface area contributed by atoms with Gasteiger partial charge in [-0.3, -0.25) is 14.7 Å². The molecule has 6 nitrogen and oxygen atoms in total. The van der Waals surface area contributed by atoms with Gasteiger partial charge in [0, 0.05) is 42.8 Å². The molecular formula is C28H40BBrN4O2. The molecule has 194 valence electrons. The second kappa shape index (κ2) is 11.8. The Hall–Kier alpha value is -1.74. The summed E-state index contributed by atoms with van der Waals surface area (Å²) in [5, 5.41) is 9.86. The number of aromatic nitrogens is 1. The summed E-state index contributed by atoms with van der Waals surface area (Å²) in [6.45, 7) is 12.7. The average Bonchev–Trinajstić information content (AvgIpc) is 2.86. The second-order valence-electron chi connectivity index (χ2n) is 11.5. The maximum Gasteiger partial charge on any atom is 0.376 e. The molecular weight excluding hydrogens is 515 g/mol. The van der Waals surface area contributed by atoms with E-state index in [1.54, 1.807) is 0 Å². The third-order valence-electron chi connectivity index (χ3n) is 7.88. The minimum atomic E-state index is -0.405. The van der Waals surface area contributed by atoms with Crippen molar-refractivity contribution in [1.29, 1.82) is 0 Å². The van der Waals surface area contributed by atoms with Gasteiger partial charge in [-0.25, -0.2) is 0 Å². The number of pyridine rings is 1. The zero-order valence-electron chi connectivity index (χ0n) is 22.1. The van der Waals surface area contributed by atoms with Crippen molar-refractivity contribution in [3.63, 3.8) is 0 Å². The Balaban J connectivity index is 1.51. The van der Waals surface area contributed by atoms with Crippen molar-refractivity contribution in [3.05, 3.63) is 64.4 Å². The molecule has 4 rings (SSSR count). The van der Waals surface area contributed by atoms with Crippen LogP contribution in [0.1, 0.15) is 57.3 Å². The van der Waals surface area contributed by atoms with E-state index in [1.165, 1.54) is 5.56 Å². The molecule has 0 radical (unpaired) electrons. The zero-order valence-corrected chi connectivity index (χ0v) is 23.7. The number of benzene rings is 1. The summed E-state index contributed by atoms with van der Waals surface area (Å²) >= 11 is 3.52. The summed E-state index contributed by atoms with van der Waals surface area (Å²) in [6.07, 6.45) is 4.43. The highest BCUT2D eigenvalue weighted by Gasteiger charge is 2.41. The van der Waals surface area contributed by atoms with Crippen LogP contribution < -0.4 is 0 Å². The van der Waals surface area contributed by atoms with E-state index in [0.29, 0.717) is 12.3 Å². The molecule has 1 N–H and O–H groups in total. The van der Waals surface area contributed by atoms with Crippen molar-refractivity contribution in [1.82, 2.24) is 19.6 Å². The maximum atomic E-state index is 13.6. The molecule has 2 aliphatic heterocycles. The van der Waals surface area contributed by atoms with Gasteiger partial charge in [0.1, 0.15) is 0 Å². The topological polar surface area (TPSA) is 59.9 Å². The molecule has 3 heterocycles. The van der Waals surface area contributed by atoms with Crippen LogP contribution in [0.25, 0.3) is 0 Å². The van der Waals surface area contributed by atoms with Crippen molar-refractivity contribution >= 4 is 28.9 Å². The van der Waals surface area contributed by atoms with Crippen LogP contribution in [0, 0.1) is 11.3 Å². The van der Waals surface area contributed by atoms with Gasteiger partial charge in [-0.2, -0.15) is 0 Å². The number of nitrogens with zero attached hydrogens (tertiary/aromatic N) is 4. The summed E-state index contributed by atoms with van der Waals surface area (Å²) in [5.41, 5.74) is 2.21. The number of piperidine rings is 1. The first-order valence-electron chi connectivity index (χ1n) is 13.3. The predicted octanol–water partition coefficient (Wildman–Crippen LogP) is 4.70. The van der Waals surface area contributed by atoms with Gasteiger partial charge < -0.3 is 14.7 Å². The number of halogens is 1. The molecule has 2 atom stereocenters. The highest BCUT2D eigenvalue weighted by molar-refractivity contribution is 9.10. The Bertz CT molecular complexity index is 991. The zero-order chi connectivity index (χ0) is 25.9. The van der Waals surface area contributed by atoms with Crippen molar-refractivity contribution in [2.45, 2.75) is 58.9 Å². The monoisotopic (exact) mass is 554 g/mol. The lowest BCUT2D eigenvalue weighted by molar-refractivity contribution is -0.141. The molecule has 2 aliphatic rings. The van der Waals surface area contributed by atoms with Crippen LogP contribution in [0.5, 0.6) is 0 Å². The van der Waals surface area contributed by atoms with Gasteiger partial charge in [-0.1, -0.05) is 51.1 Å². The number of hydrogen-bond donors (Lipinski definition) is 1. The fraction of sp³-hybridized carbons (Fsp3) is 0.571. The highest BCUT2D eigenvalue weighted by Crippen LogP contribution is 2.35. The SMILES string of the molecule is CB(O)N1CCC(CC(=O)N2CCN(C(c3ccccc3)c3ccc(Br)cn3)C[C@@H]2C(C)(C)C)CC1. The minimum absolute atomic E-state index is 0.0433. The number of carbonyl (C=O) groups excluding carboxylic acids is 1. The van der Waals surface area contributed by atoms with E-state index in [4.69, 9.17) is 4.98 Å². The Kier molecular flexibility index (Phi) is 8.92. The first-order chi connectivity index (χ1) is 17.1. The van der Waals surface area contributed by atoms with Crippen molar-refractivity contribution in [2.24, 2.45) is 11.3 Å². The van der Waals surface area contributed by atoms with Crippen molar-refractivity contribution < 1.29 is 9.82 Å². The lowest BCUT2D eigenvalue weighted by Gasteiger charge is -2.49. The van der Waals surface area contributed by atoms with Gasteiger partial charge in [0.15, 0.2) is 0 Å². The number of carbonyl (C=O) groups is 1. The van der Waals surface area contributed by atoms with Crippen LogP contribution in [-0.2, 0) is 4.79 Å². The molecule has 2 saturated heterocycles. The Morgan fingerprint density at radius 3 is 2.39 bits per heavy atom. The summed E-state index contributed by atoms with van der Waals surface area (Å²) in [5.74, 6) is 0.679. The van der Waals surface area contributed by atoms with Crippen LogP contribution in [0.3, 0.4) is 0 Å². The molecule has 36 heavy (non-hydrogen) atoms. The largest absolute Gasteiger partial charge is 0.437 e. The van der Waals surface area contributed by atoms with Crippen LogP contribution in [0.15, 0.2) is 53.1 Å². The second-order valence-corrected chi connectivity index (χ2v) is 12.4. The Labute approximate surface area is 225 Å². The van der Waals surface area contributed by atoms with E-state index in [0.717, 1.165) is 55.7 Å². The predicted molar refractivity (Wildman–Crippen MR) is 150 cm³/mol. The first kappa shape index (κ1) is 27.3. The summed E-state index contributed by atoms with van der Waals surface area (Å²) in [4.78, 5) is 25.2. The van der Waals surface area contributed by atoms with Crippen molar-refractivity contribution in [3.8, 4) is 0 Å². The lowest BCUT2D eigenvalue weighted by Crippen LogP contribution is -2.60. The van der Waals surface area contributed by atoms with E-state index < -0.39 is 7.05 Å². The Morgan fingerprint density at radius 1 is 1.11 bits per heavy atom. The van der Waals surface area contributed by atoms with Crippen LogP contribution in [0.4, 0.5) is 0 Å². The van der Waals surface area contributed by atoms with Gasteiger partial charge in [0.2, 0.25) is 5.91 Å². The molecule has 2 fully saturated rings. The van der Waals surface area contributed by atoms with E-state index >= 15 is 0 Å². The van der Waals surface area contributed by atoms with Crippen molar-refractivity contribution in [2.75, 3.05) is 32.7 Å². The maximum absolute atomic E-state index is 13.6. The normalized spacial score (nSPS) is 21.4. The minimum Gasteiger partial charge on any atom is -0.437 e. The van der Waals surface area contributed by atoms with E-state index in [1.807, 2.05) is 13.0 Å². The van der Waals surface area contributed by atoms with Crippen LogP contribution in [-0.4, -0.2) is 76.3 Å². The molecule has 1 aromatic carbocycles. The van der Waals surface area contributed by atoms with Crippen LogP contribution >= 0.6 is 15.9 Å². The van der Waals surface area contributed by atoms with Gasteiger partial charge in [0.25, 0.3) is 0 Å². The smallest absolute Gasteiger partial charge is 0.376 e. The molecule has 2 aromatic rings. The average molecular weight is 555 g/mol. The fourth-order valence-corrected chi connectivity index (χ4v) is 5.96. The molecule has 0 spiro atoms. The Morgan fingerprint density at radius 2 is 1.81 bits per heavy atom. The van der Waals surface area contributed by atoms with E-state index in [2.05, 4.69) is 93.8 Å². The summed E-state index contributed by atoms with van der Waals surface area (Å²) in [6, 6.07) is 14.9. The molecule has 1 unspecified atom stereocenters. The lowest BCUT2D eigenvalue weighted by atomic mass is 9.80. The quantitative estimate of drug-likeness (QED) is 0.524. The highest BCUT2D eigenvalue weighted by atomic mass is 79.9. The third kappa shape index (κ3) is 6.57. The summed E-state index contributed by atoms with van der Waals surface area (Å²) in [7, 11) is -0.405.